The SMILES string of the molecule is CCc1ccc(-c2nc(C)c(C(=O)/C=C3\NCCc4cc5c(cc43)OCCCO5)s2)cc1. The minimum Gasteiger partial charge on any atom is -0.490 e. The summed E-state index contributed by atoms with van der Waals surface area (Å²) in [4.78, 5) is 18.6. The molecule has 32 heavy (non-hydrogen) atoms. The van der Waals surface area contributed by atoms with Gasteiger partial charge in [0.15, 0.2) is 17.3 Å². The number of rotatable bonds is 4. The van der Waals surface area contributed by atoms with E-state index in [0.717, 1.165) is 64.8 Å². The number of nitrogens with zero attached hydrogens (tertiary/aromatic N) is 1. The third kappa shape index (κ3) is 4.02. The highest BCUT2D eigenvalue weighted by Gasteiger charge is 2.22. The molecule has 0 unspecified atom stereocenters. The molecule has 0 atom stereocenters. The van der Waals surface area contributed by atoms with Gasteiger partial charge in [-0.15, -0.1) is 11.3 Å². The monoisotopic (exact) mass is 446 g/mol. The summed E-state index contributed by atoms with van der Waals surface area (Å²) in [6, 6.07) is 12.5. The van der Waals surface area contributed by atoms with E-state index >= 15 is 0 Å². The lowest BCUT2D eigenvalue weighted by molar-refractivity contribution is 0.105. The summed E-state index contributed by atoms with van der Waals surface area (Å²) >= 11 is 1.45. The number of aromatic nitrogens is 1. The quantitative estimate of drug-likeness (QED) is 0.440. The number of carbonyl (C=O) groups excluding carboxylic acids is 1. The maximum absolute atomic E-state index is 13.2. The van der Waals surface area contributed by atoms with Crippen molar-refractivity contribution in [2.75, 3.05) is 19.8 Å². The molecule has 0 bridgehead atoms. The van der Waals surface area contributed by atoms with Crippen molar-refractivity contribution in [3.8, 4) is 22.1 Å². The normalized spacial score (nSPS) is 16.2. The van der Waals surface area contributed by atoms with Crippen molar-refractivity contribution in [2.45, 2.75) is 33.1 Å². The summed E-state index contributed by atoms with van der Waals surface area (Å²) in [5.41, 5.74) is 6.10. The van der Waals surface area contributed by atoms with Gasteiger partial charge in [0.05, 0.1) is 23.8 Å². The van der Waals surface area contributed by atoms with Crippen LogP contribution in [0.5, 0.6) is 11.5 Å². The van der Waals surface area contributed by atoms with E-state index in [1.54, 1.807) is 6.08 Å². The molecule has 0 saturated heterocycles. The zero-order valence-electron chi connectivity index (χ0n) is 18.4. The Bertz CT molecular complexity index is 1190. The molecule has 3 heterocycles. The Morgan fingerprint density at radius 3 is 2.66 bits per heavy atom. The third-order valence-electron chi connectivity index (χ3n) is 5.88. The molecule has 1 N–H and O–H groups in total. The van der Waals surface area contributed by atoms with E-state index < -0.39 is 0 Å². The second-order valence-electron chi connectivity index (χ2n) is 8.09. The Balaban J connectivity index is 1.46. The van der Waals surface area contributed by atoms with E-state index in [9.17, 15) is 4.79 Å². The predicted octanol–water partition coefficient (Wildman–Crippen LogP) is 5.21. The van der Waals surface area contributed by atoms with Crippen LogP contribution < -0.4 is 14.8 Å². The number of allylic oxidation sites excluding steroid dienone is 1. The molecule has 0 aliphatic carbocycles. The topological polar surface area (TPSA) is 60.5 Å². The van der Waals surface area contributed by atoms with Gasteiger partial charge in [-0.25, -0.2) is 4.98 Å². The summed E-state index contributed by atoms with van der Waals surface area (Å²) in [5.74, 6) is 1.51. The Morgan fingerprint density at radius 2 is 1.91 bits per heavy atom. The number of hydrogen-bond donors (Lipinski definition) is 1. The van der Waals surface area contributed by atoms with Gasteiger partial charge in [0.2, 0.25) is 0 Å². The molecular formula is C26H26N2O3S. The lowest BCUT2D eigenvalue weighted by Gasteiger charge is -2.23. The number of nitrogens with one attached hydrogen (secondary N) is 1. The summed E-state index contributed by atoms with van der Waals surface area (Å²) in [6.45, 7) is 6.13. The van der Waals surface area contributed by atoms with Gasteiger partial charge in [0, 0.05) is 35.9 Å². The molecule has 2 aliphatic heterocycles. The molecule has 0 saturated carbocycles. The van der Waals surface area contributed by atoms with Crippen LogP contribution in [0, 0.1) is 6.92 Å². The molecule has 2 aromatic carbocycles. The lowest BCUT2D eigenvalue weighted by Crippen LogP contribution is -2.23. The van der Waals surface area contributed by atoms with Crippen LogP contribution in [0.15, 0.2) is 42.5 Å². The Morgan fingerprint density at radius 1 is 1.16 bits per heavy atom. The predicted molar refractivity (Wildman–Crippen MR) is 128 cm³/mol. The van der Waals surface area contributed by atoms with Crippen LogP contribution in [0.2, 0.25) is 0 Å². The molecule has 164 valence electrons. The fourth-order valence-corrected chi connectivity index (χ4v) is 5.08. The van der Waals surface area contributed by atoms with E-state index in [4.69, 9.17) is 9.47 Å². The maximum Gasteiger partial charge on any atom is 0.199 e. The molecule has 6 heteroatoms. The van der Waals surface area contributed by atoms with Gasteiger partial charge in [-0.05, 0) is 43.0 Å². The van der Waals surface area contributed by atoms with E-state index in [1.807, 2.05) is 13.0 Å². The Hall–Kier alpha value is -3.12. The third-order valence-corrected chi connectivity index (χ3v) is 7.10. The minimum absolute atomic E-state index is 0.0288. The number of thiazole rings is 1. The lowest BCUT2D eigenvalue weighted by atomic mass is 9.96. The van der Waals surface area contributed by atoms with Gasteiger partial charge in [-0.2, -0.15) is 0 Å². The van der Waals surface area contributed by atoms with Crippen LogP contribution in [0.3, 0.4) is 0 Å². The number of fused-ring (bicyclic) bond motifs is 2. The molecule has 0 fully saturated rings. The standard InChI is InChI=1S/C26H26N2O3S/c1-3-17-5-7-18(8-6-17)26-28-16(2)25(32-26)22(29)15-21-20-14-24-23(30-11-4-12-31-24)13-19(20)9-10-27-21/h5-8,13-15,27H,3-4,9-12H2,1-2H3/b21-15-. The average Bonchev–Trinajstić information content (AvgIpc) is 3.05. The zero-order chi connectivity index (χ0) is 22.1. The molecule has 5 rings (SSSR count). The van der Waals surface area contributed by atoms with Gasteiger partial charge < -0.3 is 14.8 Å². The fourth-order valence-electron chi connectivity index (χ4n) is 4.09. The second kappa shape index (κ2) is 8.79. The number of hydrogen-bond acceptors (Lipinski definition) is 6. The first-order valence-electron chi connectivity index (χ1n) is 11.1. The summed E-state index contributed by atoms with van der Waals surface area (Å²) < 4.78 is 11.7. The first-order valence-corrected chi connectivity index (χ1v) is 11.9. The number of ether oxygens (including phenoxy) is 2. The minimum atomic E-state index is -0.0288. The van der Waals surface area contributed by atoms with Crippen molar-refractivity contribution in [1.82, 2.24) is 10.3 Å². The summed E-state index contributed by atoms with van der Waals surface area (Å²) in [6.07, 6.45) is 4.46. The molecule has 0 spiro atoms. The molecule has 3 aromatic rings. The molecular weight excluding hydrogens is 420 g/mol. The largest absolute Gasteiger partial charge is 0.490 e. The number of benzene rings is 2. The molecule has 1 aromatic heterocycles. The van der Waals surface area contributed by atoms with Gasteiger partial charge in [-0.3, -0.25) is 4.79 Å². The molecule has 5 nitrogen and oxygen atoms in total. The van der Waals surface area contributed by atoms with Crippen LogP contribution in [-0.2, 0) is 12.8 Å². The van der Waals surface area contributed by atoms with Crippen molar-refractivity contribution in [1.29, 1.82) is 0 Å². The number of carbonyl (C=O) groups is 1. The highest BCUT2D eigenvalue weighted by molar-refractivity contribution is 7.17. The van der Waals surface area contributed by atoms with Crippen LogP contribution in [0.1, 0.15) is 45.4 Å². The van der Waals surface area contributed by atoms with Crippen molar-refractivity contribution < 1.29 is 14.3 Å². The van der Waals surface area contributed by atoms with E-state index in [2.05, 4.69) is 47.6 Å². The van der Waals surface area contributed by atoms with Gasteiger partial charge in [0.25, 0.3) is 0 Å². The van der Waals surface area contributed by atoms with Crippen LogP contribution in [-0.4, -0.2) is 30.5 Å². The van der Waals surface area contributed by atoms with Gasteiger partial charge in [-0.1, -0.05) is 31.2 Å². The first-order chi connectivity index (χ1) is 15.6. The highest BCUT2D eigenvalue weighted by Crippen LogP contribution is 2.37. The van der Waals surface area contributed by atoms with Gasteiger partial charge in [0.1, 0.15) is 5.01 Å². The van der Waals surface area contributed by atoms with Crippen molar-refractivity contribution in [3.63, 3.8) is 0 Å². The van der Waals surface area contributed by atoms with Gasteiger partial charge >= 0.3 is 0 Å². The smallest absolute Gasteiger partial charge is 0.199 e. The highest BCUT2D eigenvalue weighted by atomic mass is 32.1. The van der Waals surface area contributed by atoms with E-state index in [1.165, 1.54) is 22.5 Å². The van der Waals surface area contributed by atoms with Crippen molar-refractivity contribution in [3.05, 3.63) is 69.7 Å². The Kier molecular flexibility index (Phi) is 5.70. The zero-order valence-corrected chi connectivity index (χ0v) is 19.2. The fraction of sp³-hybridized carbons (Fsp3) is 0.308. The second-order valence-corrected chi connectivity index (χ2v) is 9.09. The van der Waals surface area contributed by atoms with Crippen molar-refractivity contribution in [2.24, 2.45) is 0 Å². The van der Waals surface area contributed by atoms with Crippen LogP contribution >= 0.6 is 11.3 Å². The molecule has 0 radical (unpaired) electrons. The summed E-state index contributed by atoms with van der Waals surface area (Å²) in [5, 5.41) is 4.27. The summed E-state index contributed by atoms with van der Waals surface area (Å²) in [7, 11) is 0. The number of aryl methyl sites for hydroxylation is 2. The van der Waals surface area contributed by atoms with Crippen LogP contribution in [0.4, 0.5) is 0 Å². The molecule has 2 aliphatic rings. The molecule has 0 amide bonds. The average molecular weight is 447 g/mol. The number of ketones is 1. The van der Waals surface area contributed by atoms with E-state index in [-0.39, 0.29) is 5.78 Å². The first kappa shape index (κ1) is 20.8. The van der Waals surface area contributed by atoms with Crippen molar-refractivity contribution >= 4 is 22.8 Å². The van der Waals surface area contributed by atoms with Crippen LogP contribution in [0.25, 0.3) is 16.3 Å². The Labute approximate surface area is 192 Å². The van der Waals surface area contributed by atoms with E-state index in [0.29, 0.717) is 18.1 Å². The maximum atomic E-state index is 13.2.